The number of nitrogens with zero attached hydrogens (tertiary/aromatic N) is 1. The van der Waals surface area contributed by atoms with E-state index in [0.717, 1.165) is 16.9 Å². The second kappa shape index (κ2) is 11.7. The molecule has 2 aromatic rings. The van der Waals surface area contributed by atoms with E-state index < -0.39 is 6.04 Å². The van der Waals surface area contributed by atoms with E-state index in [4.69, 9.17) is 16.3 Å². The molecule has 0 aliphatic rings. The van der Waals surface area contributed by atoms with Crippen molar-refractivity contribution in [2.24, 2.45) is 0 Å². The molecule has 0 radical (unpaired) electrons. The summed E-state index contributed by atoms with van der Waals surface area (Å²) in [6, 6.07) is 14.5. The highest BCUT2D eigenvalue weighted by Crippen LogP contribution is 2.22. The average Bonchev–Trinajstić information content (AvgIpc) is 2.73. The predicted octanol–water partition coefficient (Wildman–Crippen LogP) is 4.14. The smallest absolute Gasteiger partial charge is 0.242 e. The molecule has 0 aliphatic carbocycles. The van der Waals surface area contributed by atoms with Crippen LogP contribution in [0.2, 0.25) is 5.02 Å². The van der Waals surface area contributed by atoms with Gasteiger partial charge in [-0.3, -0.25) is 9.59 Å². The molecular formula is C22H27ClN2O3S. The monoisotopic (exact) mass is 434 g/mol. The Morgan fingerprint density at radius 2 is 1.86 bits per heavy atom. The van der Waals surface area contributed by atoms with Gasteiger partial charge in [0.1, 0.15) is 11.8 Å². The molecule has 0 bridgehead atoms. The standard InChI is InChI=1S/C22H27ClN2O3S/c1-4-24-22(27)16(2)25(13-17-9-11-19(28-3)12-10-17)21(26)15-29-14-18-7-5-6-8-20(18)23/h5-12,16H,4,13-15H2,1-3H3,(H,24,27)/t16-/m0/s1. The van der Waals surface area contributed by atoms with Gasteiger partial charge in [-0.1, -0.05) is 41.9 Å². The Bertz CT molecular complexity index is 814. The molecule has 5 nitrogen and oxygen atoms in total. The van der Waals surface area contributed by atoms with E-state index >= 15 is 0 Å². The van der Waals surface area contributed by atoms with Crippen LogP contribution in [-0.2, 0) is 21.9 Å². The molecular weight excluding hydrogens is 408 g/mol. The Balaban J connectivity index is 2.06. The van der Waals surface area contributed by atoms with Crippen LogP contribution in [0.25, 0.3) is 0 Å². The van der Waals surface area contributed by atoms with Gasteiger partial charge in [0.25, 0.3) is 0 Å². The zero-order valence-electron chi connectivity index (χ0n) is 17.0. The Hall–Kier alpha value is -2.18. The van der Waals surface area contributed by atoms with Crippen LogP contribution in [0, 0.1) is 0 Å². The summed E-state index contributed by atoms with van der Waals surface area (Å²) in [4.78, 5) is 27.0. The van der Waals surface area contributed by atoms with Crippen molar-refractivity contribution in [3.05, 3.63) is 64.7 Å². The van der Waals surface area contributed by atoms with Gasteiger partial charge in [0, 0.05) is 23.9 Å². The number of hydrogen-bond acceptors (Lipinski definition) is 4. The number of ether oxygens (including phenoxy) is 1. The van der Waals surface area contributed by atoms with E-state index in [2.05, 4.69) is 5.32 Å². The summed E-state index contributed by atoms with van der Waals surface area (Å²) >= 11 is 7.68. The molecule has 0 saturated heterocycles. The van der Waals surface area contributed by atoms with Gasteiger partial charge in [0.05, 0.1) is 12.9 Å². The molecule has 2 rings (SSSR count). The van der Waals surface area contributed by atoms with E-state index in [0.29, 0.717) is 23.9 Å². The summed E-state index contributed by atoms with van der Waals surface area (Å²) < 4.78 is 5.19. The lowest BCUT2D eigenvalue weighted by atomic mass is 10.1. The first-order valence-electron chi connectivity index (χ1n) is 9.47. The molecule has 0 aromatic heterocycles. The molecule has 7 heteroatoms. The largest absolute Gasteiger partial charge is 0.497 e. The molecule has 0 unspecified atom stereocenters. The number of thioether (sulfide) groups is 1. The lowest BCUT2D eigenvalue weighted by Gasteiger charge is -2.28. The summed E-state index contributed by atoms with van der Waals surface area (Å²) in [7, 11) is 1.61. The number of hydrogen-bond donors (Lipinski definition) is 1. The molecule has 0 spiro atoms. The fourth-order valence-corrected chi connectivity index (χ4v) is 3.97. The average molecular weight is 435 g/mol. The van der Waals surface area contributed by atoms with E-state index in [1.165, 1.54) is 11.8 Å². The van der Waals surface area contributed by atoms with Crippen LogP contribution in [0.5, 0.6) is 5.75 Å². The van der Waals surface area contributed by atoms with Gasteiger partial charge in [0.2, 0.25) is 11.8 Å². The minimum absolute atomic E-state index is 0.0865. The van der Waals surface area contributed by atoms with Gasteiger partial charge >= 0.3 is 0 Å². The van der Waals surface area contributed by atoms with E-state index in [-0.39, 0.29) is 17.6 Å². The second-order valence-corrected chi connectivity index (χ2v) is 7.92. The molecule has 156 valence electrons. The molecule has 2 amide bonds. The molecule has 0 aliphatic heterocycles. The molecule has 0 fully saturated rings. The van der Waals surface area contributed by atoms with E-state index in [1.807, 2.05) is 55.5 Å². The second-order valence-electron chi connectivity index (χ2n) is 6.52. The van der Waals surface area contributed by atoms with Crippen molar-refractivity contribution >= 4 is 35.2 Å². The maximum absolute atomic E-state index is 13.0. The number of amides is 2. The fourth-order valence-electron chi connectivity index (χ4n) is 2.78. The topological polar surface area (TPSA) is 58.6 Å². The van der Waals surface area contributed by atoms with Crippen LogP contribution in [0.1, 0.15) is 25.0 Å². The number of likely N-dealkylation sites (N-methyl/N-ethyl adjacent to an activating group) is 1. The quantitative estimate of drug-likeness (QED) is 0.610. The van der Waals surface area contributed by atoms with Crippen molar-refractivity contribution in [1.82, 2.24) is 10.2 Å². The van der Waals surface area contributed by atoms with Crippen molar-refractivity contribution in [1.29, 1.82) is 0 Å². The Morgan fingerprint density at radius 3 is 2.48 bits per heavy atom. The van der Waals surface area contributed by atoms with Crippen molar-refractivity contribution < 1.29 is 14.3 Å². The molecule has 0 saturated carbocycles. The van der Waals surface area contributed by atoms with E-state index in [1.54, 1.807) is 18.9 Å². The molecule has 0 heterocycles. The normalized spacial score (nSPS) is 11.6. The number of carbonyl (C=O) groups excluding carboxylic acids is 2. The van der Waals surface area contributed by atoms with Crippen LogP contribution in [-0.4, -0.2) is 42.2 Å². The predicted molar refractivity (Wildman–Crippen MR) is 119 cm³/mol. The van der Waals surface area contributed by atoms with Crippen LogP contribution < -0.4 is 10.1 Å². The summed E-state index contributed by atoms with van der Waals surface area (Å²) in [5.41, 5.74) is 1.93. The fraction of sp³-hybridized carbons (Fsp3) is 0.364. The molecule has 29 heavy (non-hydrogen) atoms. The number of benzene rings is 2. The van der Waals surface area contributed by atoms with Crippen molar-refractivity contribution in [3.8, 4) is 5.75 Å². The molecule has 2 aromatic carbocycles. The first-order chi connectivity index (χ1) is 14.0. The van der Waals surface area contributed by atoms with Gasteiger partial charge in [-0.25, -0.2) is 0 Å². The highest BCUT2D eigenvalue weighted by Gasteiger charge is 2.25. The van der Waals surface area contributed by atoms with Crippen molar-refractivity contribution in [2.45, 2.75) is 32.2 Å². The maximum atomic E-state index is 13.0. The minimum atomic E-state index is -0.564. The SMILES string of the molecule is CCNC(=O)[C@H](C)N(Cc1ccc(OC)cc1)C(=O)CSCc1ccccc1Cl. The minimum Gasteiger partial charge on any atom is -0.497 e. The number of halogens is 1. The molecule has 1 N–H and O–H groups in total. The Kier molecular flexibility index (Phi) is 9.35. The third kappa shape index (κ3) is 6.98. The van der Waals surface area contributed by atoms with Crippen LogP contribution in [0.4, 0.5) is 0 Å². The Morgan fingerprint density at radius 1 is 1.17 bits per heavy atom. The summed E-state index contributed by atoms with van der Waals surface area (Å²) in [5.74, 6) is 1.41. The van der Waals surface area contributed by atoms with Crippen molar-refractivity contribution in [2.75, 3.05) is 19.4 Å². The number of rotatable bonds is 10. The number of methoxy groups -OCH3 is 1. The van der Waals surface area contributed by atoms with Gasteiger partial charge in [-0.15, -0.1) is 11.8 Å². The highest BCUT2D eigenvalue weighted by atomic mass is 35.5. The van der Waals surface area contributed by atoms with Gasteiger partial charge in [-0.05, 0) is 43.2 Å². The third-order valence-corrected chi connectivity index (χ3v) is 5.81. The zero-order chi connectivity index (χ0) is 21.2. The Labute approximate surface area is 181 Å². The first kappa shape index (κ1) is 23.1. The number of nitrogens with one attached hydrogen (secondary N) is 1. The zero-order valence-corrected chi connectivity index (χ0v) is 18.6. The summed E-state index contributed by atoms with van der Waals surface area (Å²) in [5, 5.41) is 3.49. The van der Waals surface area contributed by atoms with Gasteiger partial charge in [0.15, 0.2) is 0 Å². The van der Waals surface area contributed by atoms with E-state index in [9.17, 15) is 9.59 Å². The first-order valence-corrected chi connectivity index (χ1v) is 11.0. The molecule has 1 atom stereocenters. The van der Waals surface area contributed by atoms with Gasteiger partial charge in [-0.2, -0.15) is 0 Å². The van der Waals surface area contributed by atoms with Crippen molar-refractivity contribution in [3.63, 3.8) is 0 Å². The van der Waals surface area contributed by atoms with Crippen LogP contribution in [0.3, 0.4) is 0 Å². The lowest BCUT2D eigenvalue weighted by molar-refractivity contribution is -0.138. The summed E-state index contributed by atoms with van der Waals surface area (Å²) in [6.45, 7) is 4.49. The highest BCUT2D eigenvalue weighted by molar-refractivity contribution is 7.99. The van der Waals surface area contributed by atoms with Crippen LogP contribution >= 0.6 is 23.4 Å². The number of carbonyl (C=O) groups is 2. The lowest BCUT2D eigenvalue weighted by Crippen LogP contribution is -2.48. The third-order valence-electron chi connectivity index (χ3n) is 4.47. The maximum Gasteiger partial charge on any atom is 0.242 e. The summed E-state index contributed by atoms with van der Waals surface area (Å²) in [6.07, 6.45) is 0. The van der Waals surface area contributed by atoms with Crippen LogP contribution in [0.15, 0.2) is 48.5 Å². The van der Waals surface area contributed by atoms with Gasteiger partial charge < -0.3 is 15.0 Å².